The molecule has 0 radical (unpaired) electrons. The zero-order valence-corrected chi connectivity index (χ0v) is 8.34. The molecular formula is C9H13NO5. The maximum absolute atomic E-state index is 11.2. The van der Waals surface area contributed by atoms with Gasteiger partial charge in [-0.2, -0.15) is 0 Å². The summed E-state index contributed by atoms with van der Waals surface area (Å²) in [5.74, 6) is -0.870. The number of hydrogen-bond donors (Lipinski definition) is 2. The number of ether oxygens (including phenoxy) is 1. The van der Waals surface area contributed by atoms with Gasteiger partial charge in [-0.15, -0.1) is 0 Å². The Labute approximate surface area is 86.4 Å². The minimum absolute atomic E-state index is 0.0405. The standard InChI is InChI=1S/C9H13NO5/c1-2-14-9(13)7-3-8(15-10-7)6(4-11)5-12/h3,6,11-12H,2,4-5H2,1H3. The maximum atomic E-state index is 11.2. The number of aliphatic hydroxyl groups excluding tert-OH is 2. The molecule has 0 unspecified atom stereocenters. The SMILES string of the molecule is CCOC(=O)c1cc(C(CO)CO)on1. The molecule has 15 heavy (non-hydrogen) atoms. The third-order valence-electron chi connectivity index (χ3n) is 1.86. The van der Waals surface area contributed by atoms with Crippen molar-refractivity contribution in [2.45, 2.75) is 12.8 Å². The van der Waals surface area contributed by atoms with E-state index in [0.29, 0.717) is 0 Å². The highest BCUT2D eigenvalue weighted by atomic mass is 16.5. The lowest BCUT2D eigenvalue weighted by Crippen LogP contribution is -2.08. The zero-order valence-electron chi connectivity index (χ0n) is 8.34. The summed E-state index contributed by atoms with van der Waals surface area (Å²) < 4.78 is 9.51. The fourth-order valence-corrected chi connectivity index (χ4v) is 1.02. The molecule has 6 nitrogen and oxygen atoms in total. The lowest BCUT2D eigenvalue weighted by atomic mass is 10.1. The van der Waals surface area contributed by atoms with Crippen LogP contribution in [0.1, 0.15) is 29.1 Å². The third-order valence-corrected chi connectivity index (χ3v) is 1.86. The quantitative estimate of drug-likeness (QED) is 0.667. The van der Waals surface area contributed by atoms with Gasteiger partial charge in [-0.3, -0.25) is 0 Å². The molecule has 0 saturated carbocycles. The van der Waals surface area contributed by atoms with Gasteiger partial charge < -0.3 is 19.5 Å². The summed E-state index contributed by atoms with van der Waals surface area (Å²) in [6, 6.07) is 1.36. The smallest absolute Gasteiger partial charge is 0.360 e. The molecule has 1 heterocycles. The van der Waals surface area contributed by atoms with Gasteiger partial charge in [-0.25, -0.2) is 4.79 Å². The van der Waals surface area contributed by atoms with E-state index in [1.54, 1.807) is 6.92 Å². The number of aromatic nitrogens is 1. The number of esters is 1. The van der Waals surface area contributed by atoms with E-state index < -0.39 is 11.9 Å². The van der Waals surface area contributed by atoms with Gasteiger partial charge >= 0.3 is 5.97 Å². The summed E-state index contributed by atoms with van der Waals surface area (Å²) in [5.41, 5.74) is 0.0405. The van der Waals surface area contributed by atoms with Crippen LogP contribution in [0.5, 0.6) is 0 Å². The van der Waals surface area contributed by atoms with Gasteiger partial charge in [0.1, 0.15) is 5.76 Å². The number of carbonyl (C=O) groups excluding carboxylic acids is 1. The van der Waals surface area contributed by atoms with E-state index in [1.165, 1.54) is 6.07 Å². The molecule has 84 valence electrons. The van der Waals surface area contributed by atoms with E-state index in [-0.39, 0.29) is 31.3 Å². The van der Waals surface area contributed by atoms with Crippen molar-refractivity contribution < 1.29 is 24.3 Å². The van der Waals surface area contributed by atoms with Crippen LogP contribution in [-0.2, 0) is 4.74 Å². The Kier molecular flexibility index (Phi) is 4.26. The van der Waals surface area contributed by atoms with Gasteiger partial charge in [0.05, 0.1) is 25.7 Å². The maximum Gasteiger partial charge on any atom is 0.360 e. The highest BCUT2D eigenvalue weighted by Gasteiger charge is 2.19. The van der Waals surface area contributed by atoms with Crippen molar-refractivity contribution in [1.29, 1.82) is 0 Å². The van der Waals surface area contributed by atoms with E-state index in [4.69, 9.17) is 19.5 Å². The first-order valence-corrected chi connectivity index (χ1v) is 4.58. The van der Waals surface area contributed by atoms with Crippen molar-refractivity contribution in [2.75, 3.05) is 19.8 Å². The lowest BCUT2D eigenvalue weighted by Gasteiger charge is -2.03. The molecule has 0 aliphatic rings. The number of hydrogen-bond acceptors (Lipinski definition) is 6. The summed E-state index contributed by atoms with van der Waals surface area (Å²) in [6.45, 7) is 1.40. The summed E-state index contributed by atoms with van der Waals surface area (Å²) in [7, 11) is 0. The first-order valence-electron chi connectivity index (χ1n) is 4.58. The third kappa shape index (κ3) is 2.77. The average molecular weight is 215 g/mol. The molecule has 0 saturated heterocycles. The van der Waals surface area contributed by atoms with Crippen LogP contribution < -0.4 is 0 Å². The monoisotopic (exact) mass is 215 g/mol. The van der Waals surface area contributed by atoms with Gasteiger partial charge in [0.15, 0.2) is 5.69 Å². The Morgan fingerprint density at radius 1 is 1.60 bits per heavy atom. The second-order valence-corrected chi connectivity index (χ2v) is 2.90. The minimum atomic E-state index is -0.581. The Morgan fingerprint density at radius 2 is 2.27 bits per heavy atom. The van der Waals surface area contributed by atoms with Crippen LogP contribution in [-0.4, -0.2) is 41.2 Å². The molecule has 0 fully saturated rings. The topological polar surface area (TPSA) is 92.8 Å². The van der Waals surface area contributed by atoms with Crippen molar-refractivity contribution in [3.05, 3.63) is 17.5 Å². The van der Waals surface area contributed by atoms with Gasteiger partial charge in [-0.05, 0) is 6.92 Å². The molecule has 0 atom stereocenters. The number of rotatable bonds is 5. The molecule has 0 aliphatic heterocycles. The number of carbonyl (C=O) groups is 1. The van der Waals surface area contributed by atoms with Gasteiger partial charge in [-0.1, -0.05) is 5.16 Å². The zero-order chi connectivity index (χ0) is 11.3. The molecule has 6 heteroatoms. The molecule has 2 N–H and O–H groups in total. The van der Waals surface area contributed by atoms with Crippen LogP contribution >= 0.6 is 0 Å². The molecule has 0 aliphatic carbocycles. The molecule has 0 amide bonds. The Bertz CT molecular complexity index is 318. The van der Waals surface area contributed by atoms with Crippen molar-refractivity contribution in [1.82, 2.24) is 5.16 Å². The van der Waals surface area contributed by atoms with Crippen molar-refractivity contribution in [3.63, 3.8) is 0 Å². The summed E-state index contributed by atoms with van der Waals surface area (Å²) in [6.07, 6.45) is 0. The van der Waals surface area contributed by atoms with Crippen LogP contribution in [0.2, 0.25) is 0 Å². The Morgan fingerprint density at radius 3 is 2.80 bits per heavy atom. The highest BCUT2D eigenvalue weighted by molar-refractivity contribution is 5.87. The molecule has 1 aromatic rings. The van der Waals surface area contributed by atoms with Crippen molar-refractivity contribution in [2.24, 2.45) is 0 Å². The van der Waals surface area contributed by atoms with E-state index in [0.717, 1.165) is 0 Å². The highest BCUT2D eigenvalue weighted by Crippen LogP contribution is 2.16. The number of aliphatic hydroxyl groups is 2. The second kappa shape index (κ2) is 5.47. The summed E-state index contributed by atoms with van der Waals surface area (Å²) in [4.78, 5) is 11.2. The van der Waals surface area contributed by atoms with Crippen LogP contribution in [0.3, 0.4) is 0 Å². The predicted molar refractivity (Wildman–Crippen MR) is 49.4 cm³/mol. The number of nitrogens with zero attached hydrogens (tertiary/aromatic N) is 1. The normalized spacial score (nSPS) is 10.7. The van der Waals surface area contributed by atoms with Crippen molar-refractivity contribution >= 4 is 5.97 Å². The van der Waals surface area contributed by atoms with Gasteiger partial charge in [0, 0.05) is 6.07 Å². The fraction of sp³-hybridized carbons (Fsp3) is 0.556. The Hall–Kier alpha value is -1.40. The second-order valence-electron chi connectivity index (χ2n) is 2.90. The first-order chi connectivity index (χ1) is 7.22. The van der Waals surface area contributed by atoms with Gasteiger partial charge in [0.2, 0.25) is 0 Å². The van der Waals surface area contributed by atoms with Gasteiger partial charge in [0.25, 0.3) is 0 Å². The summed E-state index contributed by atoms with van der Waals surface area (Å²) in [5, 5.41) is 21.2. The molecule has 0 spiro atoms. The van der Waals surface area contributed by atoms with Crippen LogP contribution in [0, 0.1) is 0 Å². The van der Waals surface area contributed by atoms with Crippen LogP contribution in [0.4, 0.5) is 0 Å². The van der Waals surface area contributed by atoms with Crippen LogP contribution in [0.15, 0.2) is 10.6 Å². The average Bonchev–Trinajstić information content (AvgIpc) is 2.69. The van der Waals surface area contributed by atoms with E-state index in [1.807, 2.05) is 0 Å². The predicted octanol–water partition coefficient (Wildman–Crippen LogP) is -0.0805. The fourth-order valence-electron chi connectivity index (χ4n) is 1.02. The van der Waals surface area contributed by atoms with Crippen molar-refractivity contribution in [3.8, 4) is 0 Å². The van der Waals surface area contributed by atoms with E-state index in [2.05, 4.69) is 5.16 Å². The Balaban J connectivity index is 2.75. The van der Waals surface area contributed by atoms with E-state index in [9.17, 15) is 4.79 Å². The van der Waals surface area contributed by atoms with E-state index >= 15 is 0 Å². The van der Waals surface area contributed by atoms with Crippen LogP contribution in [0.25, 0.3) is 0 Å². The molecule has 1 rings (SSSR count). The lowest BCUT2D eigenvalue weighted by molar-refractivity contribution is 0.0514. The minimum Gasteiger partial charge on any atom is -0.461 e. The summed E-state index contributed by atoms with van der Waals surface area (Å²) >= 11 is 0. The molecule has 0 bridgehead atoms. The molecular weight excluding hydrogens is 202 g/mol. The first kappa shape index (κ1) is 11.7. The largest absolute Gasteiger partial charge is 0.461 e. The molecule has 0 aromatic carbocycles. The molecule has 1 aromatic heterocycles.